The molecule has 7 heteroatoms. The van der Waals surface area contributed by atoms with E-state index in [1.54, 1.807) is 42.5 Å². The molecule has 0 spiro atoms. The van der Waals surface area contributed by atoms with Crippen molar-refractivity contribution >= 4 is 40.7 Å². The lowest BCUT2D eigenvalue weighted by molar-refractivity contribution is -0.134. The molecule has 0 saturated carbocycles. The fraction of sp³-hybridized carbons (Fsp3) is 0.300. The highest BCUT2D eigenvalue weighted by molar-refractivity contribution is 6.35. The third-order valence-electron chi connectivity index (χ3n) is 4.36. The van der Waals surface area contributed by atoms with Gasteiger partial charge in [0.25, 0.3) is 11.8 Å². The van der Waals surface area contributed by atoms with E-state index < -0.39 is 0 Å². The second-order valence-electron chi connectivity index (χ2n) is 6.33. The first kappa shape index (κ1) is 19.5. The minimum Gasteiger partial charge on any atom is -0.484 e. The number of carbonyl (C=O) groups excluding carboxylic acids is 2. The molecule has 2 aromatic rings. The van der Waals surface area contributed by atoms with Crippen molar-refractivity contribution in [2.45, 2.75) is 19.3 Å². The Morgan fingerprint density at radius 1 is 1.00 bits per heavy atom. The van der Waals surface area contributed by atoms with Gasteiger partial charge in [0.15, 0.2) is 6.61 Å². The molecule has 1 fully saturated rings. The molecular weight excluding hydrogens is 387 g/mol. The third kappa shape index (κ3) is 5.37. The SMILES string of the molecule is O=C(Nc1cc(Cl)ccc1Cl)c1ccc(OCC(=O)N2CCCCC2)cc1. The van der Waals surface area contributed by atoms with Crippen molar-refractivity contribution in [1.29, 1.82) is 0 Å². The van der Waals surface area contributed by atoms with Crippen LogP contribution in [0.5, 0.6) is 5.75 Å². The predicted octanol–water partition coefficient (Wildman–Crippen LogP) is 4.64. The minimum atomic E-state index is -0.310. The first-order valence-electron chi connectivity index (χ1n) is 8.80. The Kier molecular flexibility index (Phi) is 6.58. The molecule has 1 heterocycles. The van der Waals surface area contributed by atoms with Gasteiger partial charge in [0.1, 0.15) is 5.75 Å². The van der Waals surface area contributed by atoms with E-state index in [0.29, 0.717) is 27.0 Å². The smallest absolute Gasteiger partial charge is 0.260 e. The molecule has 2 aromatic carbocycles. The van der Waals surface area contributed by atoms with Gasteiger partial charge in [0.05, 0.1) is 10.7 Å². The van der Waals surface area contributed by atoms with Crippen LogP contribution < -0.4 is 10.1 Å². The van der Waals surface area contributed by atoms with Crippen LogP contribution in [-0.4, -0.2) is 36.4 Å². The zero-order chi connectivity index (χ0) is 19.2. The number of nitrogens with zero attached hydrogens (tertiary/aromatic N) is 1. The average Bonchev–Trinajstić information content (AvgIpc) is 2.70. The van der Waals surface area contributed by atoms with Crippen LogP contribution in [0.4, 0.5) is 5.69 Å². The fourth-order valence-electron chi connectivity index (χ4n) is 2.87. The van der Waals surface area contributed by atoms with Crippen LogP contribution in [0.25, 0.3) is 0 Å². The van der Waals surface area contributed by atoms with Crippen LogP contribution in [0.2, 0.25) is 10.0 Å². The number of piperidine rings is 1. The molecular formula is C20H20Cl2N2O3. The summed E-state index contributed by atoms with van der Waals surface area (Å²) in [5, 5.41) is 3.61. The first-order valence-corrected chi connectivity index (χ1v) is 9.55. The highest BCUT2D eigenvalue weighted by atomic mass is 35.5. The maximum atomic E-state index is 12.3. The fourth-order valence-corrected chi connectivity index (χ4v) is 3.21. The van der Waals surface area contributed by atoms with Gasteiger partial charge >= 0.3 is 0 Å². The van der Waals surface area contributed by atoms with Crippen LogP contribution in [0.15, 0.2) is 42.5 Å². The zero-order valence-electron chi connectivity index (χ0n) is 14.7. The summed E-state index contributed by atoms with van der Waals surface area (Å²) in [6.45, 7) is 1.60. The Bertz CT molecular complexity index is 818. The van der Waals surface area contributed by atoms with Crippen LogP contribution >= 0.6 is 23.2 Å². The van der Waals surface area contributed by atoms with E-state index in [1.165, 1.54) is 6.42 Å². The van der Waals surface area contributed by atoms with Gasteiger partial charge in [-0.25, -0.2) is 0 Å². The van der Waals surface area contributed by atoms with E-state index in [1.807, 2.05) is 4.90 Å². The quantitative estimate of drug-likeness (QED) is 0.786. The van der Waals surface area contributed by atoms with Crippen LogP contribution in [-0.2, 0) is 4.79 Å². The van der Waals surface area contributed by atoms with Crippen LogP contribution in [0, 0.1) is 0 Å². The number of anilines is 1. The molecule has 5 nitrogen and oxygen atoms in total. The summed E-state index contributed by atoms with van der Waals surface area (Å²) >= 11 is 12.0. The van der Waals surface area contributed by atoms with E-state index >= 15 is 0 Å². The Hall–Kier alpha value is -2.24. The Morgan fingerprint density at radius 2 is 1.70 bits per heavy atom. The Balaban J connectivity index is 1.55. The van der Waals surface area contributed by atoms with Crippen molar-refractivity contribution in [3.05, 3.63) is 58.1 Å². The number of amides is 2. The summed E-state index contributed by atoms with van der Waals surface area (Å²) in [7, 11) is 0. The Morgan fingerprint density at radius 3 is 2.41 bits per heavy atom. The van der Waals surface area contributed by atoms with Gasteiger partial charge in [-0.05, 0) is 61.7 Å². The van der Waals surface area contributed by atoms with Crippen LogP contribution in [0.3, 0.4) is 0 Å². The lowest BCUT2D eigenvalue weighted by atomic mass is 10.1. The Labute approximate surface area is 168 Å². The number of nitrogens with one attached hydrogen (secondary N) is 1. The summed E-state index contributed by atoms with van der Waals surface area (Å²) < 4.78 is 5.55. The molecule has 0 aliphatic carbocycles. The molecule has 3 rings (SSSR count). The minimum absolute atomic E-state index is 0.00364. The van der Waals surface area contributed by atoms with E-state index in [-0.39, 0.29) is 18.4 Å². The molecule has 2 amide bonds. The average molecular weight is 407 g/mol. The van der Waals surface area contributed by atoms with E-state index in [0.717, 1.165) is 25.9 Å². The normalized spacial score (nSPS) is 13.9. The molecule has 0 atom stereocenters. The third-order valence-corrected chi connectivity index (χ3v) is 4.93. The monoisotopic (exact) mass is 406 g/mol. The van der Waals surface area contributed by atoms with Crippen molar-refractivity contribution < 1.29 is 14.3 Å². The number of benzene rings is 2. The summed E-state index contributed by atoms with van der Waals surface area (Å²) in [6, 6.07) is 11.5. The second kappa shape index (κ2) is 9.11. The van der Waals surface area contributed by atoms with Crippen molar-refractivity contribution in [1.82, 2.24) is 4.90 Å². The van der Waals surface area contributed by atoms with Gasteiger partial charge in [0, 0.05) is 23.7 Å². The van der Waals surface area contributed by atoms with Gasteiger partial charge in [-0.1, -0.05) is 23.2 Å². The number of rotatable bonds is 5. The molecule has 1 N–H and O–H groups in total. The topological polar surface area (TPSA) is 58.6 Å². The van der Waals surface area contributed by atoms with E-state index in [9.17, 15) is 9.59 Å². The number of carbonyl (C=O) groups is 2. The molecule has 0 aromatic heterocycles. The van der Waals surface area contributed by atoms with Crippen LogP contribution in [0.1, 0.15) is 29.6 Å². The van der Waals surface area contributed by atoms with Crippen molar-refractivity contribution in [2.75, 3.05) is 25.0 Å². The van der Waals surface area contributed by atoms with Crippen molar-refractivity contribution in [2.24, 2.45) is 0 Å². The molecule has 1 saturated heterocycles. The first-order chi connectivity index (χ1) is 13.0. The molecule has 0 radical (unpaired) electrons. The maximum absolute atomic E-state index is 12.3. The number of ether oxygens (including phenoxy) is 1. The molecule has 1 aliphatic heterocycles. The number of halogens is 2. The lowest BCUT2D eigenvalue weighted by Gasteiger charge is -2.26. The highest BCUT2D eigenvalue weighted by Crippen LogP contribution is 2.26. The number of hydrogen-bond acceptors (Lipinski definition) is 3. The summed E-state index contributed by atoms with van der Waals surface area (Å²) in [4.78, 5) is 26.3. The summed E-state index contributed by atoms with van der Waals surface area (Å²) in [5.74, 6) is 0.222. The lowest BCUT2D eigenvalue weighted by Crippen LogP contribution is -2.38. The molecule has 1 aliphatic rings. The maximum Gasteiger partial charge on any atom is 0.260 e. The van der Waals surface area contributed by atoms with E-state index in [2.05, 4.69) is 5.32 Å². The van der Waals surface area contributed by atoms with Crippen molar-refractivity contribution in [3.63, 3.8) is 0 Å². The molecule has 27 heavy (non-hydrogen) atoms. The van der Waals surface area contributed by atoms with Gasteiger partial charge in [-0.15, -0.1) is 0 Å². The molecule has 0 unspecified atom stereocenters. The highest BCUT2D eigenvalue weighted by Gasteiger charge is 2.17. The predicted molar refractivity (Wildman–Crippen MR) is 107 cm³/mol. The zero-order valence-corrected chi connectivity index (χ0v) is 16.2. The van der Waals surface area contributed by atoms with E-state index in [4.69, 9.17) is 27.9 Å². The summed E-state index contributed by atoms with van der Waals surface area (Å²) in [6.07, 6.45) is 3.27. The molecule has 142 valence electrons. The van der Waals surface area contributed by atoms with Gasteiger partial charge < -0.3 is 15.0 Å². The van der Waals surface area contributed by atoms with Gasteiger partial charge in [-0.3, -0.25) is 9.59 Å². The van der Waals surface area contributed by atoms with Crippen molar-refractivity contribution in [3.8, 4) is 5.75 Å². The van der Waals surface area contributed by atoms with Gasteiger partial charge in [-0.2, -0.15) is 0 Å². The number of hydrogen-bond donors (Lipinski definition) is 1. The molecule has 0 bridgehead atoms. The standard InChI is InChI=1S/C20H20Cl2N2O3/c21-15-6-9-17(22)18(12-15)23-20(26)14-4-7-16(8-5-14)27-13-19(25)24-10-2-1-3-11-24/h4-9,12H,1-3,10-11,13H2,(H,23,26). The second-order valence-corrected chi connectivity index (χ2v) is 7.18. The summed E-state index contributed by atoms with van der Waals surface area (Å²) in [5.41, 5.74) is 0.891. The van der Waals surface area contributed by atoms with Gasteiger partial charge in [0.2, 0.25) is 0 Å². The number of likely N-dealkylation sites (tertiary alicyclic amines) is 1. The largest absolute Gasteiger partial charge is 0.484 e.